The van der Waals surface area contributed by atoms with Gasteiger partial charge < -0.3 is 5.32 Å². The number of hydrogen-bond acceptors (Lipinski definition) is 4. The molecule has 1 N–H and O–H groups in total. The third-order valence-corrected chi connectivity index (χ3v) is 6.42. The number of carbonyl (C=O) groups is 1. The van der Waals surface area contributed by atoms with E-state index in [0.717, 1.165) is 43.4 Å². The summed E-state index contributed by atoms with van der Waals surface area (Å²) in [4.78, 5) is 30.5. The van der Waals surface area contributed by atoms with Crippen LogP contribution in [0.3, 0.4) is 0 Å². The van der Waals surface area contributed by atoms with Crippen molar-refractivity contribution in [3.05, 3.63) is 64.4 Å². The summed E-state index contributed by atoms with van der Waals surface area (Å²) in [5.74, 6) is 0.131. The predicted molar refractivity (Wildman–Crippen MR) is 119 cm³/mol. The lowest BCUT2D eigenvalue weighted by molar-refractivity contribution is -0.113. The molecule has 0 bridgehead atoms. The van der Waals surface area contributed by atoms with Crippen molar-refractivity contribution < 1.29 is 4.79 Å². The van der Waals surface area contributed by atoms with Gasteiger partial charge >= 0.3 is 0 Å². The lowest BCUT2D eigenvalue weighted by Crippen LogP contribution is -2.27. The van der Waals surface area contributed by atoms with Crippen LogP contribution in [0.1, 0.15) is 44.2 Å². The van der Waals surface area contributed by atoms with Gasteiger partial charge in [0, 0.05) is 11.7 Å². The number of para-hydroxylation sites is 2. The number of thioether (sulfide) groups is 1. The molecule has 29 heavy (non-hydrogen) atoms. The summed E-state index contributed by atoms with van der Waals surface area (Å²) >= 11 is 1.34. The van der Waals surface area contributed by atoms with Crippen LogP contribution in [0.25, 0.3) is 10.9 Å². The molecule has 150 valence electrons. The van der Waals surface area contributed by atoms with Crippen molar-refractivity contribution in [2.24, 2.45) is 0 Å². The van der Waals surface area contributed by atoms with E-state index in [4.69, 9.17) is 4.98 Å². The molecular weight excluding hydrogens is 382 g/mol. The fraction of sp³-hybridized carbons (Fsp3) is 0.348. The average Bonchev–Trinajstić information content (AvgIpc) is 3.27. The largest absolute Gasteiger partial charge is 0.325 e. The Morgan fingerprint density at radius 2 is 1.86 bits per heavy atom. The Balaban J connectivity index is 1.59. The second kappa shape index (κ2) is 8.82. The summed E-state index contributed by atoms with van der Waals surface area (Å²) < 4.78 is 1.83. The maximum Gasteiger partial charge on any atom is 0.262 e. The van der Waals surface area contributed by atoms with E-state index in [1.54, 1.807) is 0 Å². The van der Waals surface area contributed by atoms with Crippen molar-refractivity contribution in [1.29, 1.82) is 0 Å². The molecule has 1 amide bonds. The van der Waals surface area contributed by atoms with Crippen LogP contribution in [0.5, 0.6) is 0 Å². The van der Waals surface area contributed by atoms with Crippen LogP contribution in [0.4, 0.5) is 5.69 Å². The Hall–Kier alpha value is -2.60. The molecule has 6 heteroatoms. The minimum absolute atomic E-state index is 0.00161. The van der Waals surface area contributed by atoms with E-state index in [9.17, 15) is 9.59 Å². The van der Waals surface area contributed by atoms with E-state index in [-0.39, 0.29) is 23.3 Å². The maximum atomic E-state index is 13.2. The van der Waals surface area contributed by atoms with E-state index < -0.39 is 0 Å². The fourth-order valence-electron chi connectivity index (χ4n) is 3.98. The van der Waals surface area contributed by atoms with Crippen molar-refractivity contribution >= 4 is 34.3 Å². The number of nitrogens with zero attached hydrogens (tertiary/aromatic N) is 2. The topological polar surface area (TPSA) is 64.0 Å². The van der Waals surface area contributed by atoms with Gasteiger partial charge in [0.05, 0.1) is 16.7 Å². The lowest BCUT2D eigenvalue weighted by atomic mass is 10.1. The molecule has 4 rings (SSSR count). The van der Waals surface area contributed by atoms with Gasteiger partial charge in [-0.2, -0.15) is 0 Å². The number of hydrogen-bond donors (Lipinski definition) is 1. The standard InChI is InChI=1S/C23H25N3O2S/c1-2-16-9-3-7-13-19(16)24-21(27)15-29-23-25-20-14-8-6-12-18(20)22(28)26(23)17-10-4-5-11-17/h3,6-9,12-14,17H,2,4-5,10-11,15H2,1H3,(H,24,27). The molecule has 1 aromatic heterocycles. The smallest absolute Gasteiger partial charge is 0.262 e. The second-order valence-electron chi connectivity index (χ2n) is 7.37. The molecule has 0 unspecified atom stereocenters. The Bertz CT molecular complexity index is 1090. The van der Waals surface area contributed by atoms with E-state index in [2.05, 4.69) is 12.2 Å². The zero-order valence-corrected chi connectivity index (χ0v) is 17.4. The summed E-state index contributed by atoms with van der Waals surface area (Å²) in [6.45, 7) is 2.07. The number of nitrogens with one attached hydrogen (secondary N) is 1. The predicted octanol–water partition coefficient (Wildman–Crippen LogP) is 4.80. The summed E-state index contributed by atoms with van der Waals surface area (Å²) in [6.07, 6.45) is 5.09. The number of benzene rings is 2. The molecule has 2 aromatic carbocycles. The molecule has 0 spiro atoms. The van der Waals surface area contributed by atoms with Crippen molar-refractivity contribution in [3.63, 3.8) is 0 Å². The first-order valence-electron chi connectivity index (χ1n) is 10.2. The van der Waals surface area contributed by atoms with E-state index in [0.29, 0.717) is 16.1 Å². The quantitative estimate of drug-likeness (QED) is 0.471. The molecule has 1 aliphatic carbocycles. The third kappa shape index (κ3) is 4.22. The highest BCUT2D eigenvalue weighted by molar-refractivity contribution is 7.99. The molecule has 0 saturated heterocycles. The lowest BCUT2D eigenvalue weighted by Gasteiger charge is -2.18. The second-order valence-corrected chi connectivity index (χ2v) is 8.32. The minimum atomic E-state index is -0.0868. The zero-order valence-electron chi connectivity index (χ0n) is 16.6. The molecule has 0 aliphatic heterocycles. The van der Waals surface area contributed by atoms with Crippen LogP contribution >= 0.6 is 11.8 Å². The van der Waals surface area contributed by atoms with Crippen molar-refractivity contribution in [1.82, 2.24) is 9.55 Å². The first kappa shape index (κ1) is 19.7. The van der Waals surface area contributed by atoms with Crippen LogP contribution in [0.2, 0.25) is 0 Å². The van der Waals surface area contributed by atoms with Crippen LogP contribution < -0.4 is 10.9 Å². The van der Waals surface area contributed by atoms with Gasteiger partial charge in [0.15, 0.2) is 5.16 Å². The summed E-state index contributed by atoms with van der Waals surface area (Å²) in [6, 6.07) is 15.5. The van der Waals surface area contributed by atoms with E-state index in [1.165, 1.54) is 11.8 Å². The minimum Gasteiger partial charge on any atom is -0.325 e. The van der Waals surface area contributed by atoms with Gasteiger partial charge in [-0.25, -0.2) is 4.98 Å². The Morgan fingerprint density at radius 1 is 1.14 bits per heavy atom. The van der Waals surface area contributed by atoms with Crippen molar-refractivity contribution in [3.8, 4) is 0 Å². The molecule has 0 radical (unpaired) electrons. The number of anilines is 1. The number of fused-ring (bicyclic) bond motifs is 1. The Kier molecular flexibility index (Phi) is 6.00. The van der Waals surface area contributed by atoms with Crippen molar-refractivity contribution in [2.45, 2.75) is 50.2 Å². The normalized spacial score (nSPS) is 14.4. The SMILES string of the molecule is CCc1ccccc1NC(=O)CSc1nc2ccccc2c(=O)n1C1CCCC1. The van der Waals surface area contributed by atoms with Gasteiger partial charge in [0.1, 0.15) is 0 Å². The van der Waals surface area contributed by atoms with Crippen LogP contribution in [0.15, 0.2) is 58.5 Å². The molecule has 1 saturated carbocycles. The van der Waals surface area contributed by atoms with Gasteiger partial charge in [-0.1, -0.05) is 61.9 Å². The van der Waals surface area contributed by atoms with Crippen LogP contribution in [0, 0.1) is 0 Å². The Morgan fingerprint density at radius 3 is 2.66 bits per heavy atom. The molecule has 0 atom stereocenters. The number of aromatic nitrogens is 2. The monoisotopic (exact) mass is 407 g/mol. The van der Waals surface area contributed by atoms with Gasteiger partial charge in [-0.15, -0.1) is 0 Å². The molecule has 1 heterocycles. The van der Waals surface area contributed by atoms with Gasteiger partial charge in [-0.05, 0) is 43.0 Å². The van der Waals surface area contributed by atoms with Crippen LogP contribution in [-0.2, 0) is 11.2 Å². The first-order valence-corrected chi connectivity index (χ1v) is 11.2. The molecule has 5 nitrogen and oxygen atoms in total. The van der Waals surface area contributed by atoms with E-state index >= 15 is 0 Å². The summed E-state index contributed by atoms with van der Waals surface area (Å²) in [5.41, 5.74) is 2.64. The van der Waals surface area contributed by atoms with Gasteiger partial charge in [0.2, 0.25) is 5.91 Å². The third-order valence-electron chi connectivity index (χ3n) is 5.47. The van der Waals surface area contributed by atoms with Gasteiger partial charge in [0.25, 0.3) is 5.56 Å². The summed E-state index contributed by atoms with van der Waals surface area (Å²) in [5, 5.41) is 4.28. The maximum absolute atomic E-state index is 13.2. The van der Waals surface area contributed by atoms with E-state index in [1.807, 2.05) is 53.1 Å². The highest BCUT2D eigenvalue weighted by Gasteiger charge is 2.23. The highest BCUT2D eigenvalue weighted by atomic mass is 32.2. The number of rotatable bonds is 6. The van der Waals surface area contributed by atoms with Gasteiger partial charge in [-0.3, -0.25) is 14.2 Å². The Labute approximate surface area is 174 Å². The fourth-order valence-corrected chi connectivity index (χ4v) is 4.85. The zero-order chi connectivity index (χ0) is 20.2. The molecule has 1 aliphatic rings. The van der Waals surface area contributed by atoms with Crippen molar-refractivity contribution in [2.75, 3.05) is 11.1 Å². The number of aryl methyl sites for hydroxylation is 1. The van der Waals surface area contributed by atoms with Crippen LogP contribution in [-0.4, -0.2) is 21.2 Å². The first-order chi connectivity index (χ1) is 14.2. The molecular formula is C23H25N3O2S. The number of amides is 1. The molecule has 3 aromatic rings. The average molecular weight is 408 g/mol. The molecule has 1 fully saturated rings. The highest BCUT2D eigenvalue weighted by Crippen LogP contribution is 2.32. The number of carbonyl (C=O) groups excluding carboxylic acids is 1. The summed E-state index contributed by atoms with van der Waals surface area (Å²) in [7, 11) is 0.